The fraction of sp³-hybridized carbons (Fsp3) is 0.0476. The Bertz CT molecular complexity index is 1030. The zero-order chi connectivity index (χ0) is 18.5. The first-order valence-electron chi connectivity index (χ1n) is 8.55. The van der Waals surface area contributed by atoms with Crippen LogP contribution in [0.5, 0.6) is 0 Å². The first-order valence-corrected chi connectivity index (χ1v) is 8.55. The Labute approximate surface area is 156 Å². The van der Waals surface area contributed by atoms with Gasteiger partial charge in [0.05, 0.1) is 5.56 Å². The lowest BCUT2D eigenvalue weighted by atomic mass is 10.2. The van der Waals surface area contributed by atoms with Crippen molar-refractivity contribution in [3.63, 3.8) is 0 Å². The summed E-state index contributed by atoms with van der Waals surface area (Å²) < 4.78 is 1.70. The molecule has 4 rings (SSSR count). The molecule has 2 aromatic heterocycles. The lowest BCUT2D eigenvalue weighted by Crippen LogP contribution is -2.27. The van der Waals surface area contributed by atoms with Crippen LogP contribution in [-0.2, 0) is 6.67 Å². The molecule has 0 radical (unpaired) electrons. The smallest absolute Gasteiger partial charge is 0.254 e. The van der Waals surface area contributed by atoms with E-state index in [2.05, 4.69) is 20.4 Å². The number of aromatic nitrogens is 4. The van der Waals surface area contributed by atoms with Crippen LogP contribution < -0.4 is 5.32 Å². The topological polar surface area (TPSA) is 72.7 Å². The lowest BCUT2D eigenvalue weighted by Gasteiger charge is -2.08. The molecule has 0 unspecified atom stereocenters. The number of rotatable bonds is 5. The number of carbonyl (C=O) groups is 1. The molecule has 2 aromatic carbocycles. The van der Waals surface area contributed by atoms with Crippen molar-refractivity contribution < 1.29 is 4.79 Å². The van der Waals surface area contributed by atoms with Gasteiger partial charge in [-0.15, -0.1) is 5.10 Å². The van der Waals surface area contributed by atoms with Gasteiger partial charge >= 0.3 is 0 Å². The summed E-state index contributed by atoms with van der Waals surface area (Å²) in [6.07, 6.45) is 3.16. The van der Waals surface area contributed by atoms with Gasteiger partial charge < -0.3 is 5.32 Å². The minimum atomic E-state index is -0.209. The predicted octanol–water partition coefficient (Wildman–Crippen LogP) is 3.39. The van der Waals surface area contributed by atoms with Crippen molar-refractivity contribution in [3.8, 4) is 22.8 Å². The number of nitrogens with zero attached hydrogens (tertiary/aromatic N) is 4. The van der Waals surface area contributed by atoms with Crippen LogP contribution in [0.3, 0.4) is 0 Å². The summed E-state index contributed by atoms with van der Waals surface area (Å²) in [5.41, 5.74) is 2.36. The number of hydrogen-bond donors (Lipinski definition) is 1. The third-order valence-corrected chi connectivity index (χ3v) is 4.05. The summed E-state index contributed by atoms with van der Waals surface area (Å²) in [4.78, 5) is 21.0. The Morgan fingerprint density at radius 3 is 2.26 bits per heavy atom. The standard InChI is InChI=1S/C21H17N5O/c27-21(18-12-7-13-22-14-18)23-15-26-20(17-10-5-2-6-11-17)24-19(25-26)16-8-3-1-4-9-16/h1-14H,15H2,(H,23,27). The minimum Gasteiger partial charge on any atom is -0.333 e. The summed E-state index contributed by atoms with van der Waals surface area (Å²) in [5.74, 6) is 1.10. The number of benzene rings is 2. The number of amides is 1. The largest absolute Gasteiger partial charge is 0.333 e. The van der Waals surface area contributed by atoms with Crippen molar-refractivity contribution in [1.82, 2.24) is 25.1 Å². The van der Waals surface area contributed by atoms with E-state index in [0.29, 0.717) is 17.2 Å². The lowest BCUT2D eigenvalue weighted by molar-refractivity contribution is 0.0940. The maximum absolute atomic E-state index is 12.3. The van der Waals surface area contributed by atoms with Gasteiger partial charge in [-0.25, -0.2) is 9.67 Å². The fourth-order valence-electron chi connectivity index (χ4n) is 2.71. The molecular weight excluding hydrogens is 338 g/mol. The monoisotopic (exact) mass is 355 g/mol. The molecule has 0 atom stereocenters. The third kappa shape index (κ3) is 3.74. The number of carbonyl (C=O) groups excluding carboxylic acids is 1. The van der Waals surface area contributed by atoms with Crippen LogP contribution in [-0.4, -0.2) is 25.7 Å². The van der Waals surface area contributed by atoms with Crippen LogP contribution in [0.2, 0.25) is 0 Å². The van der Waals surface area contributed by atoms with Crippen LogP contribution in [0, 0.1) is 0 Å². The molecule has 0 spiro atoms. The molecule has 132 valence electrons. The van der Waals surface area contributed by atoms with Crippen molar-refractivity contribution in [3.05, 3.63) is 90.8 Å². The van der Waals surface area contributed by atoms with Crippen molar-refractivity contribution in [1.29, 1.82) is 0 Å². The summed E-state index contributed by atoms with van der Waals surface area (Å²) in [6, 6.07) is 23.0. The molecule has 0 aliphatic heterocycles. The van der Waals surface area contributed by atoms with E-state index in [9.17, 15) is 4.79 Å². The van der Waals surface area contributed by atoms with Gasteiger partial charge in [-0.05, 0) is 12.1 Å². The average Bonchev–Trinajstić information content (AvgIpc) is 3.18. The summed E-state index contributed by atoms with van der Waals surface area (Å²) >= 11 is 0. The van der Waals surface area contributed by atoms with Crippen LogP contribution in [0.15, 0.2) is 85.2 Å². The maximum Gasteiger partial charge on any atom is 0.254 e. The molecule has 2 heterocycles. The van der Waals surface area contributed by atoms with Gasteiger partial charge in [0, 0.05) is 23.5 Å². The zero-order valence-electron chi connectivity index (χ0n) is 14.5. The normalized spacial score (nSPS) is 10.5. The molecule has 6 heteroatoms. The maximum atomic E-state index is 12.3. The molecule has 0 aliphatic rings. The van der Waals surface area contributed by atoms with Crippen molar-refractivity contribution in [2.75, 3.05) is 0 Å². The van der Waals surface area contributed by atoms with E-state index in [-0.39, 0.29) is 12.6 Å². The Balaban J connectivity index is 1.64. The quantitative estimate of drug-likeness (QED) is 0.595. The second-order valence-corrected chi connectivity index (χ2v) is 5.90. The van der Waals surface area contributed by atoms with Gasteiger partial charge in [-0.2, -0.15) is 0 Å². The molecule has 0 saturated heterocycles. The minimum absolute atomic E-state index is 0.206. The molecule has 0 aliphatic carbocycles. The first kappa shape index (κ1) is 16.7. The molecule has 27 heavy (non-hydrogen) atoms. The molecule has 0 saturated carbocycles. The molecule has 0 bridgehead atoms. The van der Waals surface area contributed by atoms with Crippen LogP contribution in [0.4, 0.5) is 0 Å². The van der Waals surface area contributed by atoms with E-state index in [1.807, 2.05) is 60.7 Å². The summed E-state index contributed by atoms with van der Waals surface area (Å²) in [6.45, 7) is 0.206. The summed E-state index contributed by atoms with van der Waals surface area (Å²) in [5, 5.41) is 7.47. The van der Waals surface area contributed by atoms with Gasteiger partial charge in [0.15, 0.2) is 11.6 Å². The highest BCUT2D eigenvalue weighted by molar-refractivity contribution is 5.93. The predicted molar refractivity (Wildman–Crippen MR) is 103 cm³/mol. The number of nitrogens with one attached hydrogen (secondary N) is 1. The fourth-order valence-corrected chi connectivity index (χ4v) is 2.71. The van der Waals surface area contributed by atoms with Crippen molar-refractivity contribution in [2.24, 2.45) is 0 Å². The highest BCUT2D eigenvalue weighted by Gasteiger charge is 2.14. The van der Waals surface area contributed by atoms with Crippen LogP contribution in [0.1, 0.15) is 10.4 Å². The summed E-state index contributed by atoms with van der Waals surface area (Å²) in [7, 11) is 0. The molecule has 6 nitrogen and oxygen atoms in total. The van der Waals surface area contributed by atoms with E-state index in [1.54, 1.807) is 23.0 Å². The highest BCUT2D eigenvalue weighted by Crippen LogP contribution is 2.22. The van der Waals surface area contributed by atoms with E-state index in [1.165, 1.54) is 6.20 Å². The van der Waals surface area contributed by atoms with Gasteiger partial charge in [-0.3, -0.25) is 9.78 Å². The number of hydrogen-bond acceptors (Lipinski definition) is 4. The molecule has 1 amide bonds. The number of pyridine rings is 1. The Hall–Kier alpha value is -3.80. The van der Waals surface area contributed by atoms with Crippen molar-refractivity contribution >= 4 is 5.91 Å². The molecule has 0 fully saturated rings. The van der Waals surface area contributed by atoms with Gasteiger partial charge in [-0.1, -0.05) is 60.7 Å². The van der Waals surface area contributed by atoms with E-state index < -0.39 is 0 Å². The average molecular weight is 355 g/mol. The van der Waals surface area contributed by atoms with Gasteiger partial charge in [0.1, 0.15) is 6.67 Å². The van der Waals surface area contributed by atoms with E-state index in [0.717, 1.165) is 11.1 Å². The van der Waals surface area contributed by atoms with Gasteiger partial charge in [0.25, 0.3) is 5.91 Å². The molecule has 4 aromatic rings. The van der Waals surface area contributed by atoms with Gasteiger partial charge in [0.2, 0.25) is 0 Å². The molecular formula is C21H17N5O. The van der Waals surface area contributed by atoms with E-state index >= 15 is 0 Å². The highest BCUT2D eigenvalue weighted by atomic mass is 16.1. The SMILES string of the molecule is O=C(NCn1nc(-c2ccccc2)nc1-c1ccccc1)c1cccnc1. The second-order valence-electron chi connectivity index (χ2n) is 5.90. The first-order chi connectivity index (χ1) is 13.3. The zero-order valence-corrected chi connectivity index (χ0v) is 14.5. The second kappa shape index (κ2) is 7.61. The van der Waals surface area contributed by atoms with Crippen LogP contribution in [0.25, 0.3) is 22.8 Å². The Kier molecular flexibility index (Phi) is 4.70. The van der Waals surface area contributed by atoms with E-state index in [4.69, 9.17) is 0 Å². The Morgan fingerprint density at radius 1 is 0.889 bits per heavy atom. The van der Waals surface area contributed by atoms with Crippen molar-refractivity contribution in [2.45, 2.75) is 6.67 Å². The van der Waals surface area contributed by atoms with Crippen LogP contribution >= 0.6 is 0 Å². The molecule has 1 N–H and O–H groups in total. The third-order valence-electron chi connectivity index (χ3n) is 4.05. The Morgan fingerprint density at radius 2 is 1.59 bits per heavy atom.